The summed E-state index contributed by atoms with van der Waals surface area (Å²) < 4.78 is 0. The van der Waals surface area contributed by atoms with E-state index in [0.717, 1.165) is 12.8 Å². The van der Waals surface area contributed by atoms with E-state index in [4.69, 9.17) is 0 Å². The summed E-state index contributed by atoms with van der Waals surface area (Å²) in [5.41, 5.74) is 2.80. The Morgan fingerprint density at radius 3 is 1.38 bits per heavy atom. The third-order valence-electron chi connectivity index (χ3n) is 3.73. The van der Waals surface area contributed by atoms with E-state index in [-0.39, 0.29) is 60.2 Å². The summed E-state index contributed by atoms with van der Waals surface area (Å²) in [6.45, 7) is 8.92. The molecular formula is C18H28Br2Zr. The van der Waals surface area contributed by atoms with E-state index < -0.39 is 0 Å². The molecule has 2 aliphatic rings. The largest absolute Gasteiger partial charge is 2.00 e. The summed E-state index contributed by atoms with van der Waals surface area (Å²) in [6, 6.07) is 0. The smallest absolute Gasteiger partial charge is 0.269 e. The van der Waals surface area contributed by atoms with Crippen molar-refractivity contribution < 1.29 is 26.2 Å². The van der Waals surface area contributed by atoms with Crippen LogP contribution in [0.25, 0.3) is 0 Å². The van der Waals surface area contributed by atoms with Crippen LogP contribution in [0.5, 0.6) is 0 Å². The third kappa shape index (κ3) is 10.2. The van der Waals surface area contributed by atoms with Gasteiger partial charge < -0.3 is 0 Å². The Morgan fingerprint density at radius 2 is 1.19 bits per heavy atom. The van der Waals surface area contributed by atoms with Gasteiger partial charge in [0.2, 0.25) is 0 Å². The minimum Gasteiger partial charge on any atom is -0.269 e. The predicted molar refractivity (Wildman–Crippen MR) is 101 cm³/mol. The van der Waals surface area contributed by atoms with E-state index in [2.05, 4.69) is 64.2 Å². The van der Waals surface area contributed by atoms with Crippen molar-refractivity contribution in [2.75, 3.05) is 0 Å². The van der Waals surface area contributed by atoms with Gasteiger partial charge in [0.1, 0.15) is 0 Å². The number of hydrogen-bond donors (Lipinski definition) is 0. The fourth-order valence-electron chi connectivity index (χ4n) is 1.96. The molecule has 2 atom stereocenters. The topological polar surface area (TPSA) is 0 Å². The number of hydrogen-bond acceptors (Lipinski definition) is 0. The maximum Gasteiger partial charge on any atom is 2.00 e. The van der Waals surface area contributed by atoms with Crippen molar-refractivity contribution in [1.29, 1.82) is 0 Å². The van der Waals surface area contributed by atoms with Crippen molar-refractivity contribution in [2.45, 2.75) is 53.4 Å². The summed E-state index contributed by atoms with van der Waals surface area (Å²) in [4.78, 5) is 0. The Bertz CT molecular complexity index is 331. The van der Waals surface area contributed by atoms with E-state index in [1.165, 1.54) is 24.0 Å². The zero-order valence-electron chi connectivity index (χ0n) is 13.6. The van der Waals surface area contributed by atoms with E-state index in [1.54, 1.807) is 0 Å². The van der Waals surface area contributed by atoms with Crippen molar-refractivity contribution in [3.63, 3.8) is 0 Å². The van der Waals surface area contributed by atoms with E-state index >= 15 is 0 Å². The number of rotatable bonds is 4. The van der Waals surface area contributed by atoms with Crippen LogP contribution in [0.2, 0.25) is 0 Å². The summed E-state index contributed by atoms with van der Waals surface area (Å²) in [7, 11) is 0. The normalized spacial score (nSPS) is 17.1. The molecule has 0 N–H and O–H groups in total. The van der Waals surface area contributed by atoms with Crippen molar-refractivity contribution >= 4 is 34.0 Å². The molecule has 0 heterocycles. The van der Waals surface area contributed by atoms with Crippen LogP contribution in [0.15, 0.2) is 35.5 Å². The number of allylic oxidation sites excluding steroid dienone is 8. The van der Waals surface area contributed by atoms with Crippen molar-refractivity contribution in [2.24, 2.45) is 11.8 Å². The van der Waals surface area contributed by atoms with Crippen LogP contribution in [-0.2, 0) is 26.2 Å². The second-order valence-electron chi connectivity index (χ2n) is 5.10. The molecule has 2 unspecified atom stereocenters. The first kappa shape index (κ1) is 26.7. The molecule has 0 fully saturated rings. The third-order valence-corrected chi connectivity index (χ3v) is 3.73. The van der Waals surface area contributed by atoms with E-state index in [1.807, 2.05) is 0 Å². The van der Waals surface area contributed by atoms with Crippen LogP contribution in [-0.4, -0.2) is 0 Å². The summed E-state index contributed by atoms with van der Waals surface area (Å²) >= 11 is 0. The molecule has 21 heavy (non-hydrogen) atoms. The molecule has 0 nitrogen and oxygen atoms in total. The van der Waals surface area contributed by atoms with Gasteiger partial charge in [-0.15, -0.1) is 46.8 Å². The first-order valence-electron chi connectivity index (χ1n) is 7.23. The van der Waals surface area contributed by atoms with Gasteiger partial charge in [-0.2, -0.15) is 12.2 Å². The molecule has 2 rings (SSSR count). The minimum absolute atomic E-state index is 0. The first-order chi connectivity index (χ1) is 8.69. The molecule has 0 aromatic carbocycles. The molecule has 0 aliphatic heterocycles. The Morgan fingerprint density at radius 1 is 0.857 bits per heavy atom. The van der Waals surface area contributed by atoms with Crippen LogP contribution in [0.4, 0.5) is 0 Å². The fraction of sp³-hybridized carbons (Fsp3) is 0.556. The zero-order chi connectivity index (χ0) is 13.4. The van der Waals surface area contributed by atoms with Crippen molar-refractivity contribution in [3.05, 3.63) is 47.6 Å². The molecule has 0 saturated carbocycles. The number of halogens is 2. The van der Waals surface area contributed by atoms with E-state index in [0.29, 0.717) is 11.8 Å². The summed E-state index contributed by atoms with van der Waals surface area (Å²) in [5.74, 6) is 1.42. The second-order valence-corrected chi connectivity index (χ2v) is 5.10. The van der Waals surface area contributed by atoms with E-state index in [9.17, 15) is 0 Å². The van der Waals surface area contributed by atoms with Gasteiger partial charge >= 0.3 is 26.2 Å². The quantitative estimate of drug-likeness (QED) is 0.386. The Balaban J connectivity index is -0.000000270. The van der Waals surface area contributed by atoms with Crippen molar-refractivity contribution in [1.82, 2.24) is 0 Å². The van der Waals surface area contributed by atoms with Crippen LogP contribution in [0.3, 0.4) is 0 Å². The van der Waals surface area contributed by atoms with Gasteiger partial charge in [0.05, 0.1) is 0 Å². The van der Waals surface area contributed by atoms with Crippen LogP contribution in [0, 0.1) is 24.0 Å². The molecule has 0 bridgehead atoms. The van der Waals surface area contributed by atoms with Gasteiger partial charge in [-0.3, -0.25) is 12.2 Å². The van der Waals surface area contributed by atoms with Gasteiger partial charge in [-0.05, 0) is 0 Å². The molecular weight excluding hydrogens is 467 g/mol. The average Bonchev–Trinajstić information content (AvgIpc) is 3.09. The molecule has 0 saturated heterocycles. The van der Waals surface area contributed by atoms with Crippen molar-refractivity contribution in [3.8, 4) is 0 Å². The van der Waals surface area contributed by atoms with Gasteiger partial charge in [0.25, 0.3) is 0 Å². The Hall–Kier alpha value is 0.803. The summed E-state index contributed by atoms with van der Waals surface area (Å²) in [5, 5.41) is 0. The predicted octanol–water partition coefficient (Wildman–Crippen LogP) is 6.60. The zero-order valence-corrected chi connectivity index (χ0v) is 19.5. The maximum atomic E-state index is 3.31. The van der Waals surface area contributed by atoms with Gasteiger partial charge in [0, 0.05) is 0 Å². The van der Waals surface area contributed by atoms with Gasteiger partial charge in [-0.1, -0.05) is 52.4 Å². The first-order valence-corrected chi connectivity index (χ1v) is 7.23. The van der Waals surface area contributed by atoms with Gasteiger partial charge in [0.15, 0.2) is 0 Å². The minimum atomic E-state index is 0. The molecule has 0 spiro atoms. The average molecular weight is 495 g/mol. The summed E-state index contributed by atoms with van der Waals surface area (Å²) in [6.07, 6.45) is 19.9. The Kier molecular flexibility index (Phi) is 19.9. The molecule has 3 heteroatoms. The monoisotopic (exact) mass is 492 g/mol. The van der Waals surface area contributed by atoms with Gasteiger partial charge in [-0.25, -0.2) is 23.3 Å². The standard InChI is InChI=1S/2C9H13.2BrH.Zr/c2*1-3-8(2)9-6-4-5-7-9;;;/h2*4,6,8H,3,5H2,1-2H3;2*1H;/q2*-1;;;+2. The molecule has 0 aromatic rings. The molecule has 0 amide bonds. The maximum absolute atomic E-state index is 3.31. The molecule has 2 aliphatic carbocycles. The fourth-order valence-corrected chi connectivity index (χ4v) is 1.96. The Labute approximate surface area is 171 Å². The second kappa shape index (κ2) is 15.7. The van der Waals surface area contributed by atoms with Crippen LogP contribution < -0.4 is 0 Å². The van der Waals surface area contributed by atoms with Crippen LogP contribution in [0.1, 0.15) is 53.4 Å². The molecule has 0 aromatic heterocycles. The molecule has 0 radical (unpaired) electrons. The molecule has 118 valence electrons. The SMILES string of the molecule is Br.Br.CCC(C)C1=[C-]CC=C1.CCC(C)C1=[C-]CC=C1.[Zr+2]. The van der Waals surface area contributed by atoms with Crippen LogP contribution >= 0.6 is 34.0 Å².